The first kappa shape index (κ1) is 14.6. The van der Waals surface area contributed by atoms with Gasteiger partial charge in [0.1, 0.15) is 11.5 Å². The molecule has 2 aromatic rings. The maximum Gasteiger partial charge on any atom is 0.244 e. The second kappa shape index (κ2) is 6.56. The summed E-state index contributed by atoms with van der Waals surface area (Å²) in [6.07, 6.45) is 1.52. The number of benzene rings is 2. The van der Waals surface area contributed by atoms with Crippen LogP contribution in [0.4, 0.5) is 0 Å². The Balaban J connectivity index is 1.96. The van der Waals surface area contributed by atoms with Gasteiger partial charge in [-0.2, -0.15) is 5.10 Å². The van der Waals surface area contributed by atoms with E-state index in [4.69, 9.17) is 0 Å². The average molecular weight is 284 g/mol. The van der Waals surface area contributed by atoms with Gasteiger partial charge < -0.3 is 10.2 Å². The normalized spacial score (nSPS) is 10.7. The Morgan fingerprint density at radius 1 is 1.24 bits per heavy atom. The maximum absolute atomic E-state index is 11.7. The number of phenols is 2. The van der Waals surface area contributed by atoms with Crippen LogP contribution in [0.5, 0.6) is 11.5 Å². The first-order valence-corrected chi connectivity index (χ1v) is 6.44. The molecule has 1 amide bonds. The van der Waals surface area contributed by atoms with Gasteiger partial charge in [-0.15, -0.1) is 0 Å². The summed E-state index contributed by atoms with van der Waals surface area (Å²) >= 11 is 0. The zero-order chi connectivity index (χ0) is 15.2. The van der Waals surface area contributed by atoms with E-state index in [2.05, 4.69) is 10.5 Å². The van der Waals surface area contributed by atoms with E-state index >= 15 is 0 Å². The lowest BCUT2D eigenvalue weighted by atomic mass is 10.1. The van der Waals surface area contributed by atoms with Crippen molar-refractivity contribution in [1.29, 1.82) is 0 Å². The third-order valence-corrected chi connectivity index (χ3v) is 2.96. The fraction of sp³-hybridized carbons (Fsp3) is 0.125. The number of hydrogen-bond acceptors (Lipinski definition) is 4. The highest BCUT2D eigenvalue weighted by Gasteiger charge is 2.04. The standard InChI is InChI=1S/C16H16N2O3/c1-11-4-2-7-15(20)14(11)10-17-18-16(21)9-12-5-3-6-13(19)8-12/h2-8,10,19-20H,9H2,1H3,(H,18,21)/b17-10+. The minimum absolute atomic E-state index is 0.112. The van der Waals surface area contributed by atoms with Gasteiger partial charge in [0.25, 0.3) is 0 Å². The van der Waals surface area contributed by atoms with Crippen molar-refractivity contribution in [3.05, 3.63) is 59.2 Å². The predicted octanol–water partition coefficient (Wildman–Crippen LogP) is 2.10. The first-order chi connectivity index (χ1) is 10.1. The molecule has 5 heteroatoms. The number of carbonyl (C=O) groups excluding carboxylic acids is 1. The van der Waals surface area contributed by atoms with Crippen molar-refractivity contribution < 1.29 is 15.0 Å². The Bertz CT molecular complexity index is 661. The van der Waals surface area contributed by atoms with E-state index in [1.165, 1.54) is 12.3 Å². The van der Waals surface area contributed by atoms with Crippen LogP contribution in [0.15, 0.2) is 47.6 Å². The van der Waals surface area contributed by atoms with Crippen LogP contribution in [0.3, 0.4) is 0 Å². The van der Waals surface area contributed by atoms with Gasteiger partial charge in [-0.3, -0.25) is 4.79 Å². The fourth-order valence-electron chi connectivity index (χ4n) is 1.89. The maximum atomic E-state index is 11.7. The fourth-order valence-corrected chi connectivity index (χ4v) is 1.89. The van der Waals surface area contributed by atoms with Gasteiger partial charge in [-0.25, -0.2) is 5.43 Å². The van der Waals surface area contributed by atoms with Gasteiger partial charge in [0, 0.05) is 5.56 Å². The van der Waals surface area contributed by atoms with Gasteiger partial charge in [0.05, 0.1) is 12.6 Å². The molecule has 108 valence electrons. The SMILES string of the molecule is Cc1cccc(O)c1/C=N/NC(=O)Cc1cccc(O)c1. The number of hydrazone groups is 1. The minimum atomic E-state index is -0.301. The van der Waals surface area contributed by atoms with E-state index in [1.54, 1.807) is 30.3 Å². The van der Waals surface area contributed by atoms with Crippen molar-refractivity contribution in [1.82, 2.24) is 5.43 Å². The van der Waals surface area contributed by atoms with Crippen LogP contribution in [0.1, 0.15) is 16.7 Å². The Morgan fingerprint density at radius 2 is 2.00 bits per heavy atom. The summed E-state index contributed by atoms with van der Waals surface area (Å²) in [5.74, 6) is -0.0699. The number of aromatic hydroxyl groups is 2. The highest BCUT2D eigenvalue weighted by atomic mass is 16.3. The molecule has 2 rings (SSSR count). The predicted molar refractivity (Wildman–Crippen MR) is 80.4 cm³/mol. The van der Waals surface area contributed by atoms with Gasteiger partial charge in [0.2, 0.25) is 5.91 Å². The zero-order valence-electron chi connectivity index (χ0n) is 11.6. The lowest BCUT2D eigenvalue weighted by molar-refractivity contribution is -0.120. The summed E-state index contributed by atoms with van der Waals surface area (Å²) in [5, 5.41) is 22.8. The summed E-state index contributed by atoms with van der Waals surface area (Å²) in [4.78, 5) is 11.7. The Kier molecular flexibility index (Phi) is 4.56. The van der Waals surface area contributed by atoms with Gasteiger partial charge in [0.15, 0.2) is 0 Å². The molecule has 0 fully saturated rings. The van der Waals surface area contributed by atoms with E-state index in [9.17, 15) is 15.0 Å². The summed E-state index contributed by atoms with van der Waals surface area (Å²) in [6.45, 7) is 1.84. The van der Waals surface area contributed by atoms with E-state index in [0.29, 0.717) is 11.1 Å². The number of nitrogens with zero attached hydrogens (tertiary/aromatic N) is 1. The van der Waals surface area contributed by atoms with Gasteiger partial charge >= 0.3 is 0 Å². The second-order valence-corrected chi connectivity index (χ2v) is 4.65. The molecule has 0 unspecified atom stereocenters. The highest BCUT2D eigenvalue weighted by Crippen LogP contribution is 2.17. The number of aryl methyl sites for hydroxylation is 1. The molecule has 21 heavy (non-hydrogen) atoms. The first-order valence-electron chi connectivity index (χ1n) is 6.44. The number of amides is 1. The van der Waals surface area contributed by atoms with E-state index in [1.807, 2.05) is 13.0 Å². The van der Waals surface area contributed by atoms with Crippen molar-refractivity contribution in [3.63, 3.8) is 0 Å². The second-order valence-electron chi connectivity index (χ2n) is 4.65. The van der Waals surface area contributed by atoms with Crippen LogP contribution in [-0.4, -0.2) is 22.3 Å². The third kappa shape index (κ3) is 4.07. The lowest BCUT2D eigenvalue weighted by Crippen LogP contribution is -2.19. The third-order valence-electron chi connectivity index (χ3n) is 2.96. The molecule has 0 saturated carbocycles. The lowest BCUT2D eigenvalue weighted by Gasteiger charge is -2.03. The molecule has 5 nitrogen and oxygen atoms in total. The average Bonchev–Trinajstić information content (AvgIpc) is 2.42. The van der Waals surface area contributed by atoms with Crippen LogP contribution >= 0.6 is 0 Å². The summed E-state index contributed by atoms with van der Waals surface area (Å²) < 4.78 is 0. The molecule has 0 aliphatic carbocycles. The van der Waals surface area contributed by atoms with Crippen LogP contribution in [0.2, 0.25) is 0 Å². The smallest absolute Gasteiger partial charge is 0.244 e. The summed E-state index contributed by atoms with van der Waals surface area (Å²) in [7, 11) is 0. The molecule has 0 aliphatic rings. The molecule has 0 bridgehead atoms. The molecule has 0 aromatic heterocycles. The number of rotatable bonds is 4. The quantitative estimate of drug-likeness (QED) is 0.594. The molecule has 0 aliphatic heterocycles. The molecule has 0 radical (unpaired) electrons. The molecule has 0 saturated heterocycles. The summed E-state index contributed by atoms with van der Waals surface area (Å²) in [5.41, 5.74) is 4.51. The number of nitrogens with one attached hydrogen (secondary N) is 1. The number of phenolic OH excluding ortho intramolecular Hbond substituents is 2. The van der Waals surface area contributed by atoms with Crippen molar-refractivity contribution in [3.8, 4) is 11.5 Å². The monoisotopic (exact) mass is 284 g/mol. The van der Waals surface area contributed by atoms with E-state index < -0.39 is 0 Å². The van der Waals surface area contributed by atoms with Crippen LogP contribution < -0.4 is 5.43 Å². The van der Waals surface area contributed by atoms with Crippen molar-refractivity contribution in [2.24, 2.45) is 5.10 Å². The molecule has 0 atom stereocenters. The minimum Gasteiger partial charge on any atom is -0.508 e. The zero-order valence-corrected chi connectivity index (χ0v) is 11.6. The summed E-state index contributed by atoms with van der Waals surface area (Å²) in [6, 6.07) is 11.6. The van der Waals surface area contributed by atoms with Crippen LogP contribution in [-0.2, 0) is 11.2 Å². The molecule has 0 heterocycles. The van der Waals surface area contributed by atoms with Crippen LogP contribution in [0, 0.1) is 6.92 Å². The molecule has 3 N–H and O–H groups in total. The van der Waals surface area contributed by atoms with Gasteiger partial charge in [-0.1, -0.05) is 24.3 Å². The molecular formula is C16H16N2O3. The van der Waals surface area contributed by atoms with Crippen LogP contribution in [0.25, 0.3) is 0 Å². The Morgan fingerprint density at radius 3 is 2.71 bits per heavy atom. The highest BCUT2D eigenvalue weighted by molar-refractivity contribution is 5.87. The molecular weight excluding hydrogens is 268 g/mol. The van der Waals surface area contributed by atoms with E-state index in [0.717, 1.165) is 5.56 Å². The van der Waals surface area contributed by atoms with Crippen molar-refractivity contribution in [2.75, 3.05) is 0 Å². The number of carbonyl (C=O) groups is 1. The Hall–Kier alpha value is -2.82. The van der Waals surface area contributed by atoms with Crippen molar-refractivity contribution in [2.45, 2.75) is 13.3 Å². The molecule has 0 spiro atoms. The topological polar surface area (TPSA) is 81.9 Å². The van der Waals surface area contributed by atoms with Crippen molar-refractivity contribution >= 4 is 12.1 Å². The van der Waals surface area contributed by atoms with Gasteiger partial charge in [-0.05, 0) is 36.2 Å². The largest absolute Gasteiger partial charge is 0.508 e. The van der Waals surface area contributed by atoms with E-state index in [-0.39, 0.29) is 23.8 Å². The number of hydrogen-bond donors (Lipinski definition) is 3. The molecule has 2 aromatic carbocycles. The Labute approximate surface area is 122 Å².